The Labute approximate surface area is 100 Å². The van der Waals surface area contributed by atoms with E-state index in [4.69, 9.17) is 0 Å². The van der Waals surface area contributed by atoms with Gasteiger partial charge in [-0.15, -0.1) is 0 Å². The van der Waals surface area contributed by atoms with Crippen LogP contribution in [0, 0.1) is 0 Å². The molecule has 0 aromatic carbocycles. The molecule has 0 radical (unpaired) electrons. The highest BCUT2D eigenvalue weighted by atomic mass is 15.3. The predicted octanol–water partition coefficient (Wildman–Crippen LogP) is 0.498. The van der Waals surface area contributed by atoms with E-state index < -0.39 is 0 Å². The van der Waals surface area contributed by atoms with Crippen LogP contribution in [0.5, 0.6) is 0 Å². The molecule has 1 N–H and O–H groups in total. The first kappa shape index (κ1) is 11.7. The van der Waals surface area contributed by atoms with Crippen molar-refractivity contribution in [2.45, 2.75) is 19.4 Å². The van der Waals surface area contributed by atoms with Crippen LogP contribution in [0.2, 0.25) is 0 Å². The van der Waals surface area contributed by atoms with Crippen molar-refractivity contribution in [1.29, 1.82) is 0 Å². The summed E-state index contributed by atoms with van der Waals surface area (Å²) < 4.78 is 1.79. The lowest BCUT2D eigenvalue weighted by molar-refractivity contribution is 0.519. The molecule has 2 aromatic heterocycles. The molecule has 17 heavy (non-hydrogen) atoms. The summed E-state index contributed by atoms with van der Waals surface area (Å²) in [4.78, 5) is 12.3. The molecule has 1 atom stereocenters. The largest absolute Gasteiger partial charge is 0.310 e. The van der Waals surface area contributed by atoms with Gasteiger partial charge in [0.2, 0.25) is 0 Å². The Bertz CT molecular complexity index is 452. The molecule has 2 aromatic rings. The molecular formula is C11H16N6. The van der Waals surface area contributed by atoms with Crippen LogP contribution in [0.25, 0.3) is 0 Å². The molecule has 0 amide bonds. The van der Waals surface area contributed by atoms with Crippen molar-refractivity contribution in [2.75, 3.05) is 6.54 Å². The molecule has 0 bridgehead atoms. The quantitative estimate of drug-likeness (QED) is 0.813. The van der Waals surface area contributed by atoms with Crippen LogP contribution in [0.1, 0.15) is 24.4 Å². The zero-order valence-corrected chi connectivity index (χ0v) is 10.0. The molecule has 0 saturated heterocycles. The normalized spacial score (nSPS) is 12.6. The Morgan fingerprint density at radius 1 is 1.29 bits per heavy atom. The molecule has 1 unspecified atom stereocenters. The zero-order valence-electron chi connectivity index (χ0n) is 10.0. The van der Waals surface area contributed by atoms with Gasteiger partial charge in [0.15, 0.2) is 0 Å². The second-order valence-electron chi connectivity index (χ2n) is 3.79. The summed E-state index contributed by atoms with van der Waals surface area (Å²) in [7, 11) is 1.90. The molecular weight excluding hydrogens is 216 g/mol. The summed E-state index contributed by atoms with van der Waals surface area (Å²) in [5, 5.41) is 7.47. The lowest BCUT2D eigenvalue weighted by Gasteiger charge is -2.16. The van der Waals surface area contributed by atoms with Gasteiger partial charge in [0.05, 0.1) is 0 Å². The van der Waals surface area contributed by atoms with E-state index >= 15 is 0 Å². The average molecular weight is 232 g/mol. The van der Waals surface area contributed by atoms with Gasteiger partial charge in [0.25, 0.3) is 0 Å². The van der Waals surface area contributed by atoms with E-state index in [2.05, 4.69) is 32.3 Å². The minimum absolute atomic E-state index is 0.170. The van der Waals surface area contributed by atoms with Gasteiger partial charge >= 0.3 is 0 Å². The highest BCUT2D eigenvalue weighted by Gasteiger charge is 2.14. The molecule has 6 nitrogen and oxygen atoms in total. The number of nitrogens with zero attached hydrogens (tertiary/aromatic N) is 5. The second-order valence-corrected chi connectivity index (χ2v) is 3.79. The summed E-state index contributed by atoms with van der Waals surface area (Å²) in [5.41, 5.74) is 1.07. The minimum Gasteiger partial charge on any atom is -0.310 e. The fourth-order valence-corrected chi connectivity index (χ4v) is 1.73. The second kappa shape index (κ2) is 5.49. The van der Waals surface area contributed by atoms with E-state index in [0.29, 0.717) is 0 Å². The summed E-state index contributed by atoms with van der Waals surface area (Å²) in [6, 6.07) is 0.170. The predicted molar refractivity (Wildman–Crippen MR) is 63.2 cm³/mol. The van der Waals surface area contributed by atoms with E-state index in [1.165, 1.54) is 6.33 Å². The SMILES string of the molecule is CCNC(Cc1ncnn1C)c1cncnc1. The van der Waals surface area contributed by atoms with Crippen molar-refractivity contribution < 1.29 is 0 Å². The molecule has 0 spiro atoms. The molecule has 0 aliphatic rings. The zero-order chi connectivity index (χ0) is 12.1. The van der Waals surface area contributed by atoms with Crippen LogP contribution in [0.4, 0.5) is 0 Å². The third-order valence-corrected chi connectivity index (χ3v) is 2.63. The Morgan fingerprint density at radius 3 is 2.65 bits per heavy atom. The van der Waals surface area contributed by atoms with Crippen LogP contribution < -0.4 is 5.32 Å². The maximum atomic E-state index is 4.23. The van der Waals surface area contributed by atoms with Crippen LogP contribution in [-0.4, -0.2) is 31.3 Å². The van der Waals surface area contributed by atoms with Crippen molar-refractivity contribution in [1.82, 2.24) is 30.0 Å². The first-order valence-corrected chi connectivity index (χ1v) is 5.62. The summed E-state index contributed by atoms with van der Waals surface area (Å²) in [6.07, 6.45) is 7.54. The van der Waals surface area contributed by atoms with E-state index in [-0.39, 0.29) is 6.04 Å². The highest BCUT2D eigenvalue weighted by molar-refractivity contribution is 5.11. The Hall–Kier alpha value is -1.82. The van der Waals surface area contributed by atoms with Crippen LogP contribution in [-0.2, 0) is 13.5 Å². The van der Waals surface area contributed by atoms with Crippen molar-refractivity contribution >= 4 is 0 Å². The van der Waals surface area contributed by atoms with E-state index in [9.17, 15) is 0 Å². The average Bonchev–Trinajstić information content (AvgIpc) is 2.76. The van der Waals surface area contributed by atoms with Crippen LogP contribution in [0.15, 0.2) is 25.0 Å². The van der Waals surface area contributed by atoms with Gasteiger partial charge in [0.1, 0.15) is 18.5 Å². The topological polar surface area (TPSA) is 68.5 Å². The fourth-order valence-electron chi connectivity index (χ4n) is 1.73. The summed E-state index contributed by atoms with van der Waals surface area (Å²) >= 11 is 0. The Kier molecular flexibility index (Phi) is 3.77. The van der Waals surface area contributed by atoms with Crippen molar-refractivity contribution in [3.8, 4) is 0 Å². The molecule has 6 heteroatoms. The number of likely N-dealkylation sites (N-methyl/N-ethyl adjacent to an activating group) is 1. The van der Waals surface area contributed by atoms with Crippen molar-refractivity contribution in [2.24, 2.45) is 7.05 Å². The number of rotatable bonds is 5. The number of nitrogens with one attached hydrogen (secondary N) is 1. The van der Waals surface area contributed by atoms with Crippen molar-refractivity contribution in [3.63, 3.8) is 0 Å². The van der Waals surface area contributed by atoms with Crippen molar-refractivity contribution in [3.05, 3.63) is 36.4 Å². The molecule has 2 rings (SSSR count). The molecule has 0 fully saturated rings. The third kappa shape index (κ3) is 2.85. The minimum atomic E-state index is 0.170. The Morgan fingerprint density at radius 2 is 2.06 bits per heavy atom. The molecule has 0 aliphatic carbocycles. The summed E-state index contributed by atoms with van der Waals surface area (Å²) in [6.45, 7) is 2.96. The number of hydrogen-bond donors (Lipinski definition) is 1. The first-order chi connectivity index (χ1) is 8.31. The van der Waals surface area contributed by atoms with Gasteiger partial charge < -0.3 is 5.32 Å². The van der Waals surface area contributed by atoms with E-state index in [0.717, 1.165) is 24.4 Å². The first-order valence-electron chi connectivity index (χ1n) is 5.62. The van der Waals surface area contributed by atoms with Gasteiger partial charge in [-0.3, -0.25) is 4.68 Å². The number of aryl methyl sites for hydroxylation is 1. The van der Waals surface area contributed by atoms with Gasteiger partial charge in [-0.25, -0.2) is 15.0 Å². The Balaban J connectivity index is 2.16. The molecule has 90 valence electrons. The highest BCUT2D eigenvalue weighted by Crippen LogP contribution is 2.14. The lowest BCUT2D eigenvalue weighted by Crippen LogP contribution is -2.24. The number of hydrogen-bond acceptors (Lipinski definition) is 5. The van der Waals surface area contributed by atoms with Crippen LogP contribution >= 0.6 is 0 Å². The van der Waals surface area contributed by atoms with Crippen LogP contribution in [0.3, 0.4) is 0 Å². The molecule has 2 heterocycles. The maximum absolute atomic E-state index is 4.23. The molecule has 0 saturated carbocycles. The molecule has 0 aliphatic heterocycles. The van der Waals surface area contributed by atoms with E-state index in [1.54, 1.807) is 11.0 Å². The van der Waals surface area contributed by atoms with Gasteiger partial charge in [-0.05, 0) is 6.54 Å². The van der Waals surface area contributed by atoms with Gasteiger partial charge in [-0.2, -0.15) is 5.10 Å². The lowest BCUT2D eigenvalue weighted by atomic mass is 10.1. The van der Waals surface area contributed by atoms with Gasteiger partial charge in [0, 0.05) is 37.5 Å². The standard InChI is InChI=1S/C11H16N6/c1-3-14-10(9-5-12-7-13-6-9)4-11-15-8-16-17(11)2/h5-8,10,14H,3-4H2,1-2H3. The smallest absolute Gasteiger partial charge is 0.138 e. The third-order valence-electron chi connectivity index (χ3n) is 2.63. The van der Waals surface area contributed by atoms with E-state index in [1.807, 2.05) is 19.4 Å². The maximum Gasteiger partial charge on any atom is 0.138 e. The fraction of sp³-hybridized carbons (Fsp3) is 0.455. The summed E-state index contributed by atoms with van der Waals surface area (Å²) in [5.74, 6) is 0.944. The van der Waals surface area contributed by atoms with Gasteiger partial charge in [-0.1, -0.05) is 6.92 Å². The number of aromatic nitrogens is 5. The monoisotopic (exact) mass is 232 g/mol.